The summed E-state index contributed by atoms with van der Waals surface area (Å²) in [4.78, 5) is 17.7. The highest BCUT2D eigenvalue weighted by Crippen LogP contribution is 2.30. The SMILES string of the molecule is CN1CCC(CNC(=O)CC(C)(C)c2ccccc2)(N2CCOCC2)CC1. The third-order valence-corrected chi connectivity index (χ3v) is 6.37. The number of nitrogens with one attached hydrogen (secondary N) is 1. The van der Waals surface area contributed by atoms with Crippen molar-refractivity contribution in [3.05, 3.63) is 35.9 Å². The predicted molar refractivity (Wildman–Crippen MR) is 109 cm³/mol. The number of nitrogens with zero attached hydrogens (tertiary/aromatic N) is 2. The van der Waals surface area contributed by atoms with Gasteiger partial charge in [-0.25, -0.2) is 0 Å². The number of rotatable bonds is 6. The summed E-state index contributed by atoms with van der Waals surface area (Å²) in [6.07, 6.45) is 2.72. The Morgan fingerprint density at radius 3 is 2.37 bits per heavy atom. The van der Waals surface area contributed by atoms with Crippen molar-refractivity contribution in [3.8, 4) is 0 Å². The number of benzene rings is 1. The molecular weight excluding hydrogens is 338 g/mol. The number of amides is 1. The van der Waals surface area contributed by atoms with Crippen molar-refractivity contribution in [2.45, 2.75) is 44.1 Å². The number of hydrogen-bond acceptors (Lipinski definition) is 4. The first-order valence-corrected chi connectivity index (χ1v) is 10.2. The van der Waals surface area contributed by atoms with Gasteiger partial charge in [0.1, 0.15) is 0 Å². The van der Waals surface area contributed by atoms with Crippen LogP contribution in [0.15, 0.2) is 30.3 Å². The molecule has 5 heteroatoms. The Balaban J connectivity index is 1.62. The van der Waals surface area contributed by atoms with Gasteiger partial charge < -0.3 is 15.0 Å². The van der Waals surface area contributed by atoms with Crippen LogP contribution in [0, 0.1) is 0 Å². The topological polar surface area (TPSA) is 44.8 Å². The van der Waals surface area contributed by atoms with E-state index in [-0.39, 0.29) is 16.9 Å². The van der Waals surface area contributed by atoms with E-state index in [9.17, 15) is 4.79 Å². The van der Waals surface area contributed by atoms with Crippen LogP contribution >= 0.6 is 0 Å². The van der Waals surface area contributed by atoms with Gasteiger partial charge in [-0.3, -0.25) is 9.69 Å². The quantitative estimate of drug-likeness (QED) is 0.831. The van der Waals surface area contributed by atoms with Gasteiger partial charge in [0, 0.05) is 31.6 Å². The smallest absolute Gasteiger partial charge is 0.220 e. The summed E-state index contributed by atoms with van der Waals surface area (Å²) in [5.41, 5.74) is 1.12. The number of morpholine rings is 1. The zero-order chi connectivity index (χ0) is 19.3. The fraction of sp³-hybridized carbons (Fsp3) is 0.682. The first-order valence-electron chi connectivity index (χ1n) is 10.2. The molecule has 1 amide bonds. The number of likely N-dealkylation sites (tertiary alicyclic amines) is 1. The summed E-state index contributed by atoms with van der Waals surface area (Å²) < 4.78 is 5.56. The van der Waals surface area contributed by atoms with Gasteiger partial charge in [-0.05, 0) is 44.0 Å². The van der Waals surface area contributed by atoms with Crippen molar-refractivity contribution in [2.75, 3.05) is 53.0 Å². The van der Waals surface area contributed by atoms with Crippen LogP contribution in [0.5, 0.6) is 0 Å². The first kappa shape index (κ1) is 20.3. The molecule has 0 aromatic heterocycles. The second kappa shape index (κ2) is 8.72. The second-order valence-corrected chi connectivity index (χ2v) is 8.83. The van der Waals surface area contributed by atoms with E-state index in [2.05, 4.69) is 48.1 Å². The molecule has 0 unspecified atom stereocenters. The Hall–Kier alpha value is -1.43. The summed E-state index contributed by atoms with van der Waals surface area (Å²) in [6, 6.07) is 10.3. The first-order chi connectivity index (χ1) is 12.9. The van der Waals surface area contributed by atoms with Crippen LogP contribution in [0.4, 0.5) is 0 Å². The van der Waals surface area contributed by atoms with Crippen LogP contribution in [0.1, 0.15) is 38.7 Å². The monoisotopic (exact) mass is 373 g/mol. The molecule has 5 nitrogen and oxygen atoms in total. The van der Waals surface area contributed by atoms with Crippen LogP contribution < -0.4 is 5.32 Å². The van der Waals surface area contributed by atoms with Crippen molar-refractivity contribution in [1.29, 1.82) is 0 Å². The van der Waals surface area contributed by atoms with Crippen molar-refractivity contribution in [1.82, 2.24) is 15.1 Å². The standard InChI is InChI=1S/C22H35N3O2/c1-21(2,19-7-5-4-6-8-19)17-20(26)23-18-22(9-11-24(3)12-10-22)25-13-15-27-16-14-25/h4-8H,9-18H2,1-3H3,(H,23,26). The Morgan fingerprint density at radius 2 is 1.74 bits per heavy atom. The maximum absolute atomic E-state index is 12.8. The summed E-state index contributed by atoms with van der Waals surface area (Å²) >= 11 is 0. The molecule has 2 saturated heterocycles. The van der Waals surface area contributed by atoms with Crippen molar-refractivity contribution < 1.29 is 9.53 Å². The van der Waals surface area contributed by atoms with Gasteiger partial charge >= 0.3 is 0 Å². The molecular formula is C22H35N3O2. The molecule has 1 N–H and O–H groups in total. The normalized spacial score (nSPS) is 21.7. The molecule has 3 rings (SSSR count). The molecule has 2 heterocycles. The highest BCUT2D eigenvalue weighted by Gasteiger charge is 2.40. The van der Waals surface area contributed by atoms with Crippen LogP contribution in [0.3, 0.4) is 0 Å². The fourth-order valence-electron chi connectivity index (χ4n) is 4.40. The lowest BCUT2D eigenvalue weighted by atomic mass is 9.81. The van der Waals surface area contributed by atoms with Gasteiger partial charge in [0.15, 0.2) is 0 Å². The molecule has 1 aromatic rings. The van der Waals surface area contributed by atoms with E-state index in [1.165, 1.54) is 5.56 Å². The van der Waals surface area contributed by atoms with Gasteiger partial charge in [0.25, 0.3) is 0 Å². The summed E-state index contributed by atoms with van der Waals surface area (Å²) in [5.74, 6) is 0.149. The minimum atomic E-state index is -0.162. The van der Waals surface area contributed by atoms with Crippen LogP contribution in [-0.2, 0) is 14.9 Å². The number of carbonyl (C=O) groups excluding carboxylic acids is 1. The number of carbonyl (C=O) groups is 1. The van der Waals surface area contributed by atoms with E-state index < -0.39 is 0 Å². The average molecular weight is 374 g/mol. The van der Waals surface area contributed by atoms with E-state index in [1.807, 2.05) is 18.2 Å². The number of ether oxygens (including phenoxy) is 1. The molecule has 1 aromatic carbocycles. The molecule has 27 heavy (non-hydrogen) atoms. The molecule has 2 aliphatic heterocycles. The predicted octanol–water partition coefficient (Wildman–Crippen LogP) is 2.27. The highest BCUT2D eigenvalue weighted by atomic mass is 16.5. The Labute approximate surface area is 164 Å². The number of hydrogen-bond donors (Lipinski definition) is 1. The van der Waals surface area contributed by atoms with E-state index in [4.69, 9.17) is 4.74 Å². The van der Waals surface area contributed by atoms with E-state index in [0.29, 0.717) is 6.42 Å². The van der Waals surface area contributed by atoms with Gasteiger partial charge in [0.2, 0.25) is 5.91 Å². The largest absolute Gasteiger partial charge is 0.379 e. The molecule has 0 bridgehead atoms. The maximum Gasteiger partial charge on any atom is 0.220 e. The van der Waals surface area contributed by atoms with Gasteiger partial charge in [-0.1, -0.05) is 44.2 Å². The van der Waals surface area contributed by atoms with Gasteiger partial charge in [-0.2, -0.15) is 0 Å². The van der Waals surface area contributed by atoms with Crippen LogP contribution in [0.25, 0.3) is 0 Å². The van der Waals surface area contributed by atoms with Crippen LogP contribution in [0.2, 0.25) is 0 Å². The molecule has 0 saturated carbocycles. The third kappa shape index (κ3) is 5.09. The zero-order valence-corrected chi connectivity index (χ0v) is 17.2. The Kier molecular flexibility index (Phi) is 6.56. The summed E-state index contributed by atoms with van der Waals surface area (Å²) in [6.45, 7) is 10.7. The van der Waals surface area contributed by atoms with Crippen molar-refractivity contribution >= 4 is 5.91 Å². The molecule has 0 aliphatic carbocycles. The third-order valence-electron chi connectivity index (χ3n) is 6.37. The Morgan fingerprint density at radius 1 is 1.11 bits per heavy atom. The number of piperidine rings is 1. The molecule has 0 spiro atoms. The second-order valence-electron chi connectivity index (χ2n) is 8.83. The summed E-state index contributed by atoms with van der Waals surface area (Å²) in [5, 5.41) is 3.29. The van der Waals surface area contributed by atoms with E-state index >= 15 is 0 Å². The molecule has 150 valence electrons. The lowest BCUT2D eigenvalue weighted by molar-refractivity contribution is -0.123. The van der Waals surface area contributed by atoms with E-state index in [0.717, 1.165) is 58.8 Å². The minimum absolute atomic E-state index is 0.0723. The van der Waals surface area contributed by atoms with Crippen molar-refractivity contribution in [3.63, 3.8) is 0 Å². The molecule has 0 radical (unpaired) electrons. The zero-order valence-electron chi connectivity index (χ0n) is 17.2. The van der Waals surface area contributed by atoms with Crippen molar-refractivity contribution in [2.24, 2.45) is 0 Å². The Bertz CT molecular complexity index is 603. The molecule has 2 aliphatic rings. The molecule has 0 atom stereocenters. The molecule has 2 fully saturated rings. The lowest BCUT2D eigenvalue weighted by Crippen LogP contribution is -2.62. The summed E-state index contributed by atoms with van der Waals surface area (Å²) in [7, 11) is 2.18. The minimum Gasteiger partial charge on any atom is -0.379 e. The van der Waals surface area contributed by atoms with Gasteiger partial charge in [-0.15, -0.1) is 0 Å². The van der Waals surface area contributed by atoms with E-state index in [1.54, 1.807) is 0 Å². The lowest BCUT2D eigenvalue weighted by Gasteiger charge is -2.49. The highest BCUT2D eigenvalue weighted by molar-refractivity contribution is 5.77. The fourth-order valence-corrected chi connectivity index (χ4v) is 4.40. The average Bonchev–Trinajstić information content (AvgIpc) is 2.69. The van der Waals surface area contributed by atoms with Gasteiger partial charge in [0.05, 0.1) is 13.2 Å². The maximum atomic E-state index is 12.8. The van der Waals surface area contributed by atoms with Crippen LogP contribution in [-0.4, -0.2) is 74.2 Å².